The first kappa shape index (κ1) is 15.0. The first-order valence-electron chi connectivity index (χ1n) is 4.75. The van der Waals surface area contributed by atoms with Gasteiger partial charge in [0.1, 0.15) is 0 Å². The number of aliphatic hydroxyl groups is 2. The molecule has 0 spiro atoms. The molecule has 0 aliphatic heterocycles. The highest BCUT2D eigenvalue weighted by Crippen LogP contribution is 2.43. The van der Waals surface area contributed by atoms with Crippen LogP contribution < -0.4 is 0 Å². The number of aliphatic hydroxyl groups excluding tert-OH is 2. The largest absolute Gasteiger partial charge is 0.472 e. The summed E-state index contributed by atoms with van der Waals surface area (Å²) in [7, 11) is -4.05. The monoisotopic (exact) mass is 242 g/mol. The summed E-state index contributed by atoms with van der Waals surface area (Å²) < 4.78 is 20.5. The molecule has 3 N–H and O–H groups in total. The van der Waals surface area contributed by atoms with Gasteiger partial charge in [-0.15, -0.1) is 0 Å². The van der Waals surface area contributed by atoms with Gasteiger partial charge in [0.2, 0.25) is 0 Å². The minimum Gasteiger partial charge on any atom is -0.396 e. The molecular formula is C8H19O6P. The van der Waals surface area contributed by atoms with E-state index in [2.05, 4.69) is 9.05 Å². The Balaban J connectivity index is 3.81. The molecule has 0 saturated carbocycles. The van der Waals surface area contributed by atoms with Gasteiger partial charge in [0.05, 0.1) is 13.2 Å². The van der Waals surface area contributed by atoms with Crippen molar-refractivity contribution in [2.24, 2.45) is 11.8 Å². The SMILES string of the molecule is CC(CO)COP(=O)(O)OCC(C)CO. The lowest BCUT2D eigenvalue weighted by Crippen LogP contribution is -2.12. The summed E-state index contributed by atoms with van der Waals surface area (Å²) in [6.45, 7) is 3.03. The zero-order valence-electron chi connectivity index (χ0n) is 9.00. The van der Waals surface area contributed by atoms with E-state index < -0.39 is 7.82 Å². The number of rotatable bonds is 8. The maximum absolute atomic E-state index is 11.2. The number of hydrogen-bond donors (Lipinski definition) is 3. The van der Waals surface area contributed by atoms with Gasteiger partial charge in [-0.3, -0.25) is 9.05 Å². The summed E-state index contributed by atoms with van der Waals surface area (Å²) in [4.78, 5) is 9.15. The molecule has 0 heterocycles. The zero-order valence-corrected chi connectivity index (χ0v) is 9.89. The van der Waals surface area contributed by atoms with Gasteiger partial charge < -0.3 is 15.1 Å². The van der Waals surface area contributed by atoms with Crippen LogP contribution in [-0.2, 0) is 13.6 Å². The highest BCUT2D eigenvalue weighted by atomic mass is 31.2. The third-order valence-corrected chi connectivity index (χ3v) is 2.62. The molecular weight excluding hydrogens is 223 g/mol. The Kier molecular flexibility index (Phi) is 7.34. The lowest BCUT2D eigenvalue weighted by atomic mass is 10.2. The van der Waals surface area contributed by atoms with Gasteiger partial charge in [-0.05, 0) is 0 Å². The van der Waals surface area contributed by atoms with Crippen molar-refractivity contribution in [2.75, 3.05) is 26.4 Å². The van der Waals surface area contributed by atoms with E-state index in [0.717, 1.165) is 0 Å². The fourth-order valence-electron chi connectivity index (χ4n) is 0.586. The van der Waals surface area contributed by atoms with Crippen LogP contribution >= 0.6 is 7.82 Å². The smallest absolute Gasteiger partial charge is 0.396 e. The average molecular weight is 242 g/mol. The molecule has 0 aromatic carbocycles. The Hall–Kier alpha value is 0.0300. The van der Waals surface area contributed by atoms with E-state index in [0.29, 0.717) is 0 Å². The predicted molar refractivity (Wildman–Crippen MR) is 54.2 cm³/mol. The van der Waals surface area contributed by atoms with Crippen LogP contribution in [0.3, 0.4) is 0 Å². The highest BCUT2D eigenvalue weighted by Gasteiger charge is 2.22. The summed E-state index contributed by atoms with van der Waals surface area (Å²) in [5, 5.41) is 17.3. The van der Waals surface area contributed by atoms with Gasteiger partial charge in [0.15, 0.2) is 0 Å². The van der Waals surface area contributed by atoms with Crippen molar-refractivity contribution in [1.82, 2.24) is 0 Å². The minimum atomic E-state index is -4.05. The molecule has 6 nitrogen and oxygen atoms in total. The molecule has 0 amide bonds. The van der Waals surface area contributed by atoms with E-state index in [9.17, 15) is 4.57 Å². The molecule has 2 atom stereocenters. The van der Waals surface area contributed by atoms with Gasteiger partial charge in [-0.1, -0.05) is 13.8 Å². The summed E-state index contributed by atoms with van der Waals surface area (Å²) in [6, 6.07) is 0. The first-order valence-corrected chi connectivity index (χ1v) is 6.24. The summed E-state index contributed by atoms with van der Waals surface area (Å²) in [6.07, 6.45) is 0. The highest BCUT2D eigenvalue weighted by molar-refractivity contribution is 7.47. The molecule has 15 heavy (non-hydrogen) atoms. The molecule has 0 radical (unpaired) electrons. The lowest BCUT2D eigenvalue weighted by molar-refractivity contribution is 0.0950. The topological polar surface area (TPSA) is 96.2 Å². The molecule has 0 saturated heterocycles. The first-order chi connectivity index (χ1) is 6.91. The number of phosphoric acid groups is 1. The molecule has 2 unspecified atom stereocenters. The second-order valence-corrected chi connectivity index (χ2v) is 5.09. The zero-order chi connectivity index (χ0) is 11.9. The lowest BCUT2D eigenvalue weighted by Gasteiger charge is -2.16. The van der Waals surface area contributed by atoms with Crippen LogP contribution in [-0.4, -0.2) is 41.5 Å². The number of hydrogen-bond acceptors (Lipinski definition) is 5. The van der Waals surface area contributed by atoms with E-state index in [4.69, 9.17) is 15.1 Å². The van der Waals surface area contributed by atoms with E-state index in [1.807, 2.05) is 0 Å². The van der Waals surface area contributed by atoms with Gasteiger partial charge >= 0.3 is 7.82 Å². The van der Waals surface area contributed by atoms with Crippen LogP contribution in [0, 0.1) is 11.8 Å². The molecule has 92 valence electrons. The molecule has 7 heteroatoms. The van der Waals surface area contributed by atoms with Crippen LogP contribution in [0.15, 0.2) is 0 Å². The Labute approximate surface area is 89.5 Å². The maximum Gasteiger partial charge on any atom is 0.472 e. The van der Waals surface area contributed by atoms with Crippen LogP contribution in [0.25, 0.3) is 0 Å². The van der Waals surface area contributed by atoms with Gasteiger partial charge in [0, 0.05) is 25.0 Å². The third kappa shape index (κ3) is 7.90. The van der Waals surface area contributed by atoms with Crippen molar-refractivity contribution in [2.45, 2.75) is 13.8 Å². The molecule has 0 aliphatic carbocycles. The Morgan fingerprint density at radius 3 is 1.67 bits per heavy atom. The Bertz CT molecular complexity index is 191. The van der Waals surface area contributed by atoms with Crippen molar-refractivity contribution >= 4 is 7.82 Å². The molecule has 0 fully saturated rings. The Morgan fingerprint density at radius 1 is 1.07 bits per heavy atom. The van der Waals surface area contributed by atoms with Crippen molar-refractivity contribution in [3.63, 3.8) is 0 Å². The third-order valence-electron chi connectivity index (χ3n) is 1.67. The Morgan fingerprint density at radius 2 is 1.40 bits per heavy atom. The minimum absolute atomic E-state index is 0.0439. The molecule has 0 aliphatic rings. The quantitative estimate of drug-likeness (QED) is 0.532. The van der Waals surface area contributed by atoms with Crippen LogP contribution in [0.5, 0.6) is 0 Å². The van der Waals surface area contributed by atoms with Crippen molar-refractivity contribution in [3.05, 3.63) is 0 Å². The standard InChI is InChI=1S/C8H19O6P/c1-7(3-9)5-13-15(11,12)14-6-8(2)4-10/h7-10H,3-6H2,1-2H3,(H,11,12). The summed E-state index contributed by atoms with van der Waals surface area (Å²) in [5.41, 5.74) is 0. The fraction of sp³-hybridized carbons (Fsp3) is 1.00. The van der Waals surface area contributed by atoms with E-state index >= 15 is 0 Å². The second-order valence-electron chi connectivity index (χ2n) is 3.64. The number of phosphoric ester groups is 1. The van der Waals surface area contributed by atoms with Gasteiger partial charge in [-0.2, -0.15) is 0 Å². The normalized spacial score (nSPS) is 19.5. The second kappa shape index (κ2) is 7.33. The van der Waals surface area contributed by atoms with Crippen LogP contribution in [0.2, 0.25) is 0 Å². The summed E-state index contributed by atoms with van der Waals surface area (Å²) in [5.74, 6) is -0.436. The van der Waals surface area contributed by atoms with Crippen molar-refractivity contribution in [3.8, 4) is 0 Å². The fourth-order valence-corrected chi connectivity index (χ4v) is 1.55. The van der Waals surface area contributed by atoms with Gasteiger partial charge in [-0.25, -0.2) is 4.57 Å². The predicted octanol–water partition coefficient (Wildman–Crippen LogP) is 0.377. The molecule has 0 aromatic rings. The van der Waals surface area contributed by atoms with E-state index in [1.54, 1.807) is 13.8 Å². The molecule has 0 aromatic heterocycles. The van der Waals surface area contributed by atoms with Crippen molar-refractivity contribution in [1.29, 1.82) is 0 Å². The van der Waals surface area contributed by atoms with E-state index in [1.165, 1.54) is 0 Å². The maximum atomic E-state index is 11.2. The average Bonchev–Trinajstić information content (AvgIpc) is 2.22. The van der Waals surface area contributed by atoms with Crippen LogP contribution in [0.1, 0.15) is 13.8 Å². The van der Waals surface area contributed by atoms with Gasteiger partial charge in [0.25, 0.3) is 0 Å². The summed E-state index contributed by atoms with van der Waals surface area (Å²) >= 11 is 0. The van der Waals surface area contributed by atoms with E-state index in [-0.39, 0.29) is 38.3 Å². The van der Waals surface area contributed by atoms with Crippen molar-refractivity contribution < 1.29 is 28.7 Å². The molecule has 0 bridgehead atoms. The van der Waals surface area contributed by atoms with Crippen LogP contribution in [0.4, 0.5) is 0 Å². The molecule has 0 rings (SSSR count).